The van der Waals surface area contributed by atoms with E-state index in [-0.39, 0.29) is 12.5 Å². The van der Waals surface area contributed by atoms with Crippen molar-refractivity contribution in [3.8, 4) is 11.5 Å². The van der Waals surface area contributed by atoms with Crippen molar-refractivity contribution >= 4 is 11.6 Å². The van der Waals surface area contributed by atoms with Crippen molar-refractivity contribution in [1.82, 2.24) is 14.8 Å². The van der Waals surface area contributed by atoms with Crippen LogP contribution in [0.4, 0.5) is 5.69 Å². The van der Waals surface area contributed by atoms with Crippen molar-refractivity contribution in [2.45, 2.75) is 38.0 Å². The number of carbonyl (C=O) groups excluding carboxylic acids is 1. The number of ether oxygens (including phenoxy) is 2. The Morgan fingerprint density at radius 3 is 2.86 bits per heavy atom. The van der Waals surface area contributed by atoms with E-state index in [4.69, 9.17) is 9.47 Å². The van der Waals surface area contributed by atoms with Crippen LogP contribution in [0.3, 0.4) is 0 Å². The lowest BCUT2D eigenvalue weighted by molar-refractivity contribution is -0.116. The normalized spacial score (nSPS) is 17.8. The lowest BCUT2D eigenvalue weighted by Crippen LogP contribution is -2.34. The molecular formula is C15H16N4O3. The number of benzene rings is 1. The minimum atomic E-state index is -0.480. The minimum absolute atomic E-state index is 0.123. The maximum Gasteiger partial charge on any atom is 0.251 e. The molecule has 2 aromatic rings. The molecule has 0 radical (unpaired) electrons. The number of nitrogens with zero attached hydrogens (tertiary/aromatic N) is 3. The van der Waals surface area contributed by atoms with Gasteiger partial charge in [-0.3, -0.25) is 4.79 Å². The van der Waals surface area contributed by atoms with Crippen LogP contribution in [0, 0.1) is 0 Å². The van der Waals surface area contributed by atoms with Crippen LogP contribution in [0.1, 0.15) is 25.7 Å². The zero-order valence-electron chi connectivity index (χ0n) is 12.0. The fourth-order valence-corrected chi connectivity index (χ4v) is 2.95. The Morgan fingerprint density at radius 1 is 1.27 bits per heavy atom. The molecule has 2 aliphatic rings. The van der Waals surface area contributed by atoms with Crippen molar-refractivity contribution in [2.75, 3.05) is 5.32 Å². The van der Waals surface area contributed by atoms with Gasteiger partial charge >= 0.3 is 0 Å². The van der Waals surface area contributed by atoms with Gasteiger partial charge in [-0.1, -0.05) is 0 Å². The molecule has 4 rings (SSSR count). The fraction of sp³-hybridized carbons (Fsp3) is 0.400. The first-order valence-electron chi connectivity index (χ1n) is 7.37. The van der Waals surface area contributed by atoms with Gasteiger partial charge in [-0.05, 0) is 25.0 Å². The van der Waals surface area contributed by atoms with E-state index in [0.29, 0.717) is 11.4 Å². The Hall–Kier alpha value is -2.57. The van der Waals surface area contributed by atoms with Gasteiger partial charge in [-0.2, -0.15) is 5.10 Å². The van der Waals surface area contributed by atoms with Crippen molar-refractivity contribution in [1.29, 1.82) is 0 Å². The molecule has 0 atom stereocenters. The first-order valence-corrected chi connectivity index (χ1v) is 7.37. The highest BCUT2D eigenvalue weighted by molar-refractivity contribution is 5.90. The fourth-order valence-electron chi connectivity index (χ4n) is 2.95. The van der Waals surface area contributed by atoms with E-state index < -0.39 is 5.79 Å². The molecule has 1 spiro atoms. The molecule has 1 saturated carbocycles. The summed E-state index contributed by atoms with van der Waals surface area (Å²) in [7, 11) is 0. The van der Waals surface area contributed by atoms with Gasteiger partial charge in [0, 0.05) is 24.6 Å². The van der Waals surface area contributed by atoms with Gasteiger partial charge in [0.15, 0.2) is 11.5 Å². The molecular weight excluding hydrogens is 284 g/mol. The summed E-state index contributed by atoms with van der Waals surface area (Å²) in [6.07, 6.45) is 6.97. The molecule has 0 saturated heterocycles. The highest BCUT2D eigenvalue weighted by atomic mass is 16.7. The van der Waals surface area contributed by atoms with E-state index >= 15 is 0 Å². The molecule has 1 N–H and O–H groups in total. The van der Waals surface area contributed by atoms with Crippen molar-refractivity contribution < 1.29 is 14.3 Å². The quantitative estimate of drug-likeness (QED) is 0.937. The lowest BCUT2D eigenvalue weighted by atomic mass is 10.2. The first kappa shape index (κ1) is 13.1. The van der Waals surface area contributed by atoms with Crippen LogP contribution >= 0.6 is 0 Å². The van der Waals surface area contributed by atoms with Gasteiger partial charge in [0.2, 0.25) is 5.91 Å². The van der Waals surface area contributed by atoms with Crippen LogP contribution in [0.2, 0.25) is 0 Å². The zero-order valence-corrected chi connectivity index (χ0v) is 12.0. The van der Waals surface area contributed by atoms with Gasteiger partial charge in [0.05, 0.1) is 0 Å². The molecule has 1 aliphatic heterocycles. The second-order valence-electron chi connectivity index (χ2n) is 5.62. The van der Waals surface area contributed by atoms with Gasteiger partial charge in [0.1, 0.15) is 19.2 Å². The molecule has 1 fully saturated rings. The van der Waals surface area contributed by atoms with Crippen LogP contribution in [0.5, 0.6) is 11.5 Å². The van der Waals surface area contributed by atoms with E-state index in [0.717, 1.165) is 31.4 Å². The summed E-state index contributed by atoms with van der Waals surface area (Å²) >= 11 is 0. The maximum atomic E-state index is 12.0. The summed E-state index contributed by atoms with van der Waals surface area (Å²) in [5.41, 5.74) is 0.683. The second-order valence-corrected chi connectivity index (χ2v) is 5.62. The number of aromatic nitrogens is 3. The number of rotatable bonds is 3. The Balaban J connectivity index is 1.45. The van der Waals surface area contributed by atoms with Crippen LogP contribution in [-0.4, -0.2) is 26.5 Å². The summed E-state index contributed by atoms with van der Waals surface area (Å²) < 4.78 is 13.4. The van der Waals surface area contributed by atoms with E-state index in [1.54, 1.807) is 0 Å². The number of carbonyl (C=O) groups is 1. The van der Waals surface area contributed by atoms with Crippen molar-refractivity contribution in [3.05, 3.63) is 30.9 Å². The van der Waals surface area contributed by atoms with Crippen molar-refractivity contribution in [2.24, 2.45) is 0 Å². The second kappa shape index (κ2) is 5.01. The predicted molar refractivity (Wildman–Crippen MR) is 77.5 cm³/mol. The maximum absolute atomic E-state index is 12.0. The molecule has 1 aliphatic carbocycles. The third-order valence-corrected chi connectivity index (χ3v) is 3.96. The number of anilines is 1. The van der Waals surface area contributed by atoms with Crippen LogP contribution < -0.4 is 14.8 Å². The average molecular weight is 300 g/mol. The Bertz CT molecular complexity index is 693. The summed E-state index contributed by atoms with van der Waals surface area (Å²) in [5, 5.41) is 6.73. The molecule has 1 aromatic heterocycles. The van der Waals surface area contributed by atoms with Crippen LogP contribution in [0.25, 0.3) is 0 Å². The molecule has 22 heavy (non-hydrogen) atoms. The third-order valence-electron chi connectivity index (χ3n) is 3.96. The zero-order chi connectivity index (χ0) is 15.0. The summed E-state index contributed by atoms with van der Waals surface area (Å²) in [5.74, 6) is 0.794. The Kier molecular flexibility index (Phi) is 2.99. The Labute approximate surface area is 127 Å². The largest absolute Gasteiger partial charge is 0.448 e. The summed E-state index contributed by atoms with van der Waals surface area (Å²) in [6, 6.07) is 5.46. The number of nitrogens with one attached hydrogen (secondary N) is 1. The molecule has 1 amide bonds. The van der Waals surface area contributed by atoms with Crippen LogP contribution in [0.15, 0.2) is 30.9 Å². The highest BCUT2D eigenvalue weighted by Crippen LogP contribution is 2.47. The standard InChI is InChI=1S/C15H16N4O3/c20-14(8-19-10-16-9-17-19)18-11-3-4-12-13(7-11)22-15(21-12)5-1-2-6-15/h3-4,7,9-10H,1-2,5-6,8H2,(H,18,20). The minimum Gasteiger partial charge on any atom is -0.448 e. The number of fused-ring (bicyclic) bond motifs is 1. The van der Waals surface area contributed by atoms with E-state index in [2.05, 4.69) is 15.4 Å². The van der Waals surface area contributed by atoms with E-state index in [1.807, 2.05) is 18.2 Å². The monoisotopic (exact) mass is 300 g/mol. The molecule has 114 valence electrons. The molecule has 0 unspecified atom stereocenters. The number of hydrogen-bond donors (Lipinski definition) is 1. The van der Waals surface area contributed by atoms with Gasteiger partial charge < -0.3 is 14.8 Å². The lowest BCUT2D eigenvalue weighted by Gasteiger charge is -2.21. The molecule has 0 bridgehead atoms. The molecule has 7 nitrogen and oxygen atoms in total. The van der Waals surface area contributed by atoms with Crippen LogP contribution in [-0.2, 0) is 11.3 Å². The van der Waals surface area contributed by atoms with Gasteiger partial charge in [0.25, 0.3) is 5.79 Å². The SMILES string of the molecule is O=C(Cn1cncn1)Nc1ccc2c(c1)OC1(CCCC1)O2. The van der Waals surface area contributed by atoms with Gasteiger partial charge in [-0.15, -0.1) is 0 Å². The van der Waals surface area contributed by atoms with Crippen molar-refractivity contribution in [3.63, 3.8) is 0 Å². The highest BCUT2D eigenvalue weighted by Gasteiger charge is 2.44. The molecule has 7 heteroatoms. The molecule has 2 heterocycles. The first-order chi connectivity index (χ1) is 10.7. The number of hydrogen-bond acceptors (Lipinski definition) is 5. The molecule has 1 aromatic carbocycles. The average Bonchev–Trinajstić information content (AvgIpc) is 3.20. The third kappa shape index (κ3) is 2.38. The van der Waals surface area contributed by atoms with E-state index in [9.17, 15) is 4.79 Å². The smallest absolute Gasteiger partial charge is 0.251 e. The summed E-state index contributed by atoms with van der Waals surface area (Å²) in [6.45, 7) is 0.123. The summed E-state index contributed by atoms with van der Waals surface area (Å²) in [4.78, 5) is 15.8. The topological polar surface area (TPSA) is 78.3 Å². The Morgan fingerprint density at radius 2 is 2.09 bits per heavy atom. The van der Waals surface area contributed by atoms with E-state index in [1.165, 1.54) is 17.3 Å². The number of amides is 1. The predicted octanol–water partition coefficient (Wildman–Crippen LogP) is 1.96. The van der Waals surface area contributed by atoms with Gasteiger partial charge in [-0.25, -0.2) is 9.67 Å².